The first-order chi connectivity index (χ1) is 11.4. The van der Waals surface area contributed by atoms with Gasteiger partial charge in [-0.1, -0.05) is 11.6 Å². The average molecular weight is 348 g/mol. The highest BCUT2D eigenvalue weighted by atomic mass is 35.5. The topological polar surface area (TPSA) is 93.4 Å². The van der Waals surface area contributed by atoms with E-state index < -0.39 is 11.9 Å². The SMILES string of the molecule is COc1ccc(N[C@H](C)C(=O)Nc2ccc(C(N)=O)cc2)cc1Cl. The van der Waals surface area contributed by atoms with Crippen LogP contribution in [0.1, 0.15) is 17.3 Å². The second-order valence-corrected chi connectivity index (χ2v) is 5.55. The van der Waals surface area contributed by atoms with Gasteiger partial charge < -0.3 is 21.1 Å². The van der Waals surface area contributed by atoms with Crippen molar-refractivity contribution in [2.24, 2.45) is 5.73 Å². The number of halogens is 1. The molecule has 0 saturated heterocycles. The predicted molar refractivity (Wildman–Crippen MR) is 94.7 cm³/mol. The van der Waals surface area contributed by atoms with E-state index in [0.717, 1.165) is 0 Å². The van der Waals surface area contributed by atoms with Gasteiger partial charge >= 0.3 is 0 Å². The van der Waals surface area contributed by atoms with Crippen LogP contribution in [0, 0.1) is 0 Å². The number of amides is 2. The molecule has 0 bridgehead atoms. The number of rotatable bonds is 6. The monoisotopic (exact) mass is 347 g/mol. The van der Waals surface area contributed by atoms with Gasteiger partial charge in [-0.25, -0.2) is 0 Å². The van der Waals surface area contributed by atoms with E-state index in [0.29, 0.717) is 27.7 Å². The Morgan fingerprint density at radius 1 is 1.12 bits per heavy atom. The molecular formula is C17H18ClN3O3. The van der Waals surface area contributed by atoms with Gasteiger partial charge in [-0.05, 0) is 49.4 Å². The third kappa shape index (κ3) is 4.39. The van der Waals surface area contributed by atoms with Crippen LogP contribution in [0.3, 0.4) is 0 Å². The second kappa shape index (κ2) is 7.70. The second-order valence-electron chi connectivity index (χ2n) is 5.15. The van der Waals surface area contributed by atoms with E-state index in [9.17, 15) is 9.59 Å². The Morgan fingerprint density at radius 2 is 1.75 bits per heavy atom. The number of carbonyl (C=O) groups excluding carboxylic acids is 2. The fourth-order valence-corrected chi connectivity index (χ4v) is 2.30. The highest BCUT2D eigenvalue weighted by Gasteiger charge is 2.14. The number of ether oxygens (including phenoxy) is 1. The molecule has 0 aliphatic heterocycles. The molecule has 0 aromatic heterocycles. The summed E-state index contributed by atoms with van der Waals surface area (Å²) in [4.78, 5) is 23.2. The molecule has 0 fully saturated rings. The van der Waals surface area contributed by atoms with Crippen LogP contribution in [0.25, 0.3) is 0 Å². The first kappa shape index (κ1) is 17.6. The fraction of sp³-hybridized carbons (Fsp3) is 0.176. The molecule has 4 N–H and O–H groups in total. The number of hydrogen-bond donors (Lipinski definition) is 3. The van der Waals surface area contributed by atoms with Gasteiger partial charge in [-0.15, -0.1) is 0 Å². The molecule has 0 spiro atoms. The van der Waals surface area contributed by atoms with Crippen molar-refractivity contribution in [2.75, 3.05) is 17.7 Å². The van der Waals surface area contributed by atoms with E-state index in [1.807, 2.05) is 0 Å². The lowest BCUT2D eigenvalue weighted by molar-refractivity contribution is -0.116. The summed E-state index contributed by atoms with van der Waals surface area (Å²) in [5.74, 6) is -0.179. The Bertz CT molecular complexity index is 747. The summed E-state index contributed by atoms with van der Waals surface area (Å²) >= 11 is 6.06. The standard InChI is InChI=1S/C17H18ClN3O3/c1-10(20-13-7-8-15(24-2)14(18)9-13)17(23)21-12-5-3-11(4-6-12)16(19)22/h3-10,20H,1-2H3,(H2,19,22)(H,21,23)/t10-/m1/s1. The molecule has 2 rings (SSSR count). The van der Waals surface area contributed by atoms with Gasteiger partial charge in [0.15, 0.2) is 0 Å². The van der Waals surface area contributed by atoms with Crippen molar-refractivity contribution in [1.29, 1.82) is 0 Å². The van der Waals surface area contributed by atoms with Gasteiger partial charge in [-0.2, -0.15) is 0 Å². The summed E-state index contributed by atoms with van der Waals surface area (Å²) in [6, 6.07) is 11.0. The van der Waals surface area contributed by atoms with Gasteiger partial charge in [-0.3, -0.25) is 9.59 Å². The lowest BCUT2D eigenvalue weighted by Crippen LogP contribution is -2.31. The number of nitrogens with two attached hydrogens (primary N) is 1. The van der Waals surface area contributed by atoms with E-state index in [1.165, 1.54) is 7.11 Å². The molecule has 0 saturated carbocycles. The van der Waals surface area contributed by atoms with Crippen molar-refractivity contribution in [3.05, 3.63) is 53.1 Å². The number of anilines is 2. The normalized spacial score (nSPS) is 11.5. The maximum absolute atomic E-state index is 12.2. The third-order valence-corrected chi connectivity index (χ3v) is 3.66. The number of nitrogens with one attached hydrogen (secondary N) is 2. The minimum atomic E-state index is -0.515. The molecule has 2 aromatic carbocycles. The summed E-state index contributed by atoms with van der Waals surface area (Å²) in [7, 11) is 1.54. The van der Waals surface area contributed by atoms with E-state index in [1.54, 1.807) is 49.4 Å². The Kier molecular flexibility index (Phi) is 5.65. The van der Waals surface area contributed by atoms with Crippen LogP contribution in [0.4, 0.5) is 11.4 Å². The number of benzene rings is 2. The minimum absolute atomic E-state index is 0.228. The van der Waals surface area contributed by atoms with Crippen molar-refractivity contribution < 1.29 is 14.3 Å². The fourth-order valence-electron chi connectivity index (χ4n) is 2.04. The van der Waals surface area contributed by atoms with Crippen molar-refractivity contribution in [3.63, 3.8) is 0 Å². The van der Waals surface area contributed by atoms with Crippen LogP contribution in [-0.4, -0.2) is 25.0 Å². The number of hydrogen-bond acceptors (Lipinski definition) is 4. The van der Waals surface area contributed by atoms with E-state index in [4.69, 9.17) is 22.1 Å². The van der Waals surface area contributed by atoms with Crippen LogP contribution in [0.2, 0.25) is 5.02 Å². The molecule has 0 unspecified atom stereocenters. The first-order valence-electron chi connectivity index (χ1n) is 7.21. The summed E-state index contributed by atoms with van der Waals surface area (Å²) in [5, 5.41) is 6.27. The van der Waals surface area contributed by atoms with Gasteiger partial charge in [0.05, 0.1) is 12.1 Å². The van der Waals surface area contributed by atoms with E-state index >= 15 is 0 Å². The molecule has 6 nitrogen and oxygen atoms in total. The Morgan fingerprint density at radius 3 is 2.29 bits per heavy atom. The summed E-state index contributed by atoms with van der Waals surface area (Å²) in [6.45, 7) is 1.73. The molecule has 0 aliphatic carbocycles. The Hall–Kier alpha value is -2.73. The van der Waals surface area contributed by atoms with Crippen molar-refractivity contribution in [3.8, 4) is 5.75 Å². The summed E-state index contributed by atoms with van der Waals surface area (Å²) < 4.78 is 5.09. The molecule has 0 heterocycles. The zero-order valence-corrected chi connectivity index (χ0v) is 14.1. The quantitative estimate of drug-likeness (QED) is 0.749. The average Bonchev–Trinajstić information content (AvgIpc) is 2.55. The number of methoxy groups -OCH3 is 1. The first-order valence-corrected chi connectivity index (χ1v) is 7.59. The van der Waals surface area contributed by atoms with Crippen LogP contribution in [0.15, 0.2) is 42.5 Å². The molecule has 126 valence electrons. The van der Waals surface area contributed by atoms with Crippen LogP contribution in [-0.2, 0) is 4.79 Å². The summed E-state index contributed by atoms with van der Waals surface area (Å²) in [6.07, 6.45) is 0. The highest BCUT2D eigenvalue weighted by Crippen LogP contribution is 2.27. The zero-order chi connectivity index (χ0) is 17.7. The molecule has 0 radical (unpaired) electrons. The Balaban J connectivity index is 1.99. The molecule has 1 atom stereocenters. The van der Waals surface area contributed by atoms with Crippen LogP contribution in [0.5, 0.6) is 5.75 Å². The van der Waals surface area contributed by atoms with E-state index in [-0.39, 0.29) is 5.91 Å². The molecule has 24 heavy (non-hydrogen) atoms. The maximum atomic E-state index is 12.2. The smallest absolute Gasteiger partial charge is 0.248 e. The molecule has 0 aliphatic rings. The van der Waals surface area contributed by atoms with Crippen LogP contribution >= 0.6 is 11.6 Å². The van der Waals surface area contributed by atoms with Crippen LogP contribution < -0.4 is 21.1 Å². The lowest BCUT2D eigenvalue weighted by Gasteiger charge is -2.16. The zero-order valence-electron chi connectivity index (χ0n) is 13.3. The lowest BCUT2D eigenvalue weighted by atomic mass is 10.2. The third-order valence-electron chi connectivity index (χ3n) is 3.37. The molecular weight excluding hydrogens is 330 g/mol. The number of carbonyl (C=O) groups is 2. The van der Waals surface area contributed by atoms with Gasteiger partial charge in [0.25, 0.3) is 0 Å². The van der Waals surface area contributed by atoms with Gasteiger partial charge in [0, 0.05) is 16.9 Å². The van der Waals surface area contributed by atoms with Gasteiger partial charge in [0.2, 0.25) is 11.8 Å². The predicted octanol–water partition coefficient (Wildman–Crippen LogP) is 2.89. The summed E-state index contributed by atoms with van der Waals surface area (Å²) in [5.41, 5.74) is 6.83. The maximum Gasteiger partial charge on any atom is 0.248 e. The van der Waals surface area contributed by atoms with E-state index in [2.05, 4.69) is 10.6 Å². The number of primary amides is 1. The largest absolute Gasteiger partial charge is 0.495 e. The van der Waals surface area contributed by atoms with Crippen molar-refractivity contribution >= 4 is 34.8 Å². The molecule has 2 amide bonds. The van der Waals surface area contributed by atoms with Crippen molar-refractivity contribution in [1.82, 2.24) is 0 Å². The van der Waals surface area contributed by atoms with Gasteiger partial charge in [0.1, 0.15) is 11.8 Å². The molecule has 2 aromatic rings. The highest BCUT2D eigenvalue weighted by molar-refractivity contribution is 6.32. The Labute approximate surface area is 144 Å². The molecule has 7 heteroatoms. The minimum Gasteiger partial charge on any atom is -0.495 e. The van der Waals surface area contributed by atoms with Crippen molar-refractivity contribution in [2.45, 2.75) is 13.0 Å².